The van der Waals surface area contributed by atoms with E-state index >= 15 is 0 Å². The number of rotatable bonds is 13. The molecule has 0 aliphatic rings. The minimum atomic E-state index is 0.538. The number of hydrogen-bond donors (Lipinski definition) is 1. The highest BCUT2D eigenvalue weighted by Gasteiger charge is 2.01. The van der Waals surface area contributed by atoms with Crippen LogP contribution in [0.15, 0.2) is 36.9 Å². The number of benzene rings is 1. The largest absolute Gasteiger partial charge is 0.489 e. The average molecular weight is 293 g/mol. The Labute approximate surface area is 128 Å². The van der Waals surface area contributed by atoms with Crippen LogP contribution in [0.4, 0.5) is 0 Å². The van der Waals surface area contributed by atoms with Crippen molar-refractivity contribution in [3.05, 3.63) is 42.5 Å². The van der Waals surface area contributed by atoms with Gasteiger partial charge in [0.2, 0.25) is 0 Å². The van der Waals surface area contributed by atoms with E-state index in [1.54, 1.807) is 13.2 Å². The molecule has 0 aliphatic carbocycles. The van der Waals surface area contributed by atoms with Crippen molar-refractivity contribution in [2.75, 3.05) is 40.1 Å². The van der Waals surface area contributed by atoms with E-state index in [-0.39, 0.29) is 0 Å². The fourth-order valence-corrected chi connectivity index (χ4v) is 1.86. The standard InChI is InChI=1S/C17H27NO3/c1-3-11-21-17-9-5-4-8-16(17)15-18-10-6-7-12-20-14-13-19-2/h3-5,8-9,18H,1,6-7,10-15H2,2H3. The van der Waals surface area contributed by atoms with E-state index in [1.807, 2.05) is 18.2 Å². The summed E-state index contributed by atoms with van der Waals surface area (Å²) in [5, 5.41) is 3.43. The normalized spacial score (nSPS) is 10.5. The van der Waals surface area contributed by atoms with Gasteiger partial charge in [-0.25, -0.2) is 0 Å². The maximum absolute atomic E-state index is 5.63. The third-order valence-corrected chi connectivity index (χ3v) is 2.97. The molecule has 0 radical (unpaired) electrons. The van der Waals surface area contributed by atoms with Crippen LogP contribution in [-0.2, 0) is 16.0 Å². The molecule has 0 atom stereocenters. The monoisotopic (exact) mass is 293 g/mol. The number of ether oxygens (including phenoxy) is 3. The molecule has 4 nitrogen and oxygen atoms in total. The lowest BCUT2D eigenvalue weighted by Crippen LogP contribution is -2.16. The predicted octanol–water partition coefficient (Wildman–Crippen LogP) is 2.78. The molecule has 0 heterocycles. The van der Waals surface area contributed by atoms with Gasteiger partial charge >= 0.3 is 0 Å². The topological polar surface area (TPSA) is 39.7 Å². The van der Waals surface area contributed by atoms with Crippen molar-refractivity contribution >= 4 is 0 Å². The number of hydrogen-bond acceptors (Lipinski definition) is 4. The Hall–Kier alpha value is -1.36. The van der Waals surface area contributed by atoms with Gasteiger partial charge in [-0.3, -0.25) is 0 Å². The van der Waals surface area contributed by atoms with Gasteiger partial charge < -0.3 is 19.5 Å². The summed E-state index contributed by atoms with van der Waals surface area (Å²) in [5.41, 5.74) is 1.18. The van der Waals surface area contributed by atoms with Gasteiger partial charge in [-0.15, -0.1) is 0 Å². The molecule has 0 bridgehead atoms. The Balaban J connectivity index is 2.11. The van der Waals surface area contributed by atoms with Crippen LogP contribution in [0.1, 0.15) is 18.4 Å². The second kappa shape index (κ2) is 12.4. The van der Waals surface area contributed by atoms with Gasteiger partial charge in [-0.05, 0) is 25.5 Å². The van der Waals surface area contributed by atoms with E-state index in [0.717, 1.165) is 38.3 Å². The zero-order valence-corrected chi connectivity index (χ0v) is 13.0. The average Bonchev–Trinajstić information content (AvgIpc) is 2.52. The van der Waals surface area contributed by atoms with Gasteiger partial charge in [0.25, 0.3) is 0 Å². The number of methoxy groups -OCH3 is 1. The first-order chi connectivity index (χ1) is 10.4. The third-order valence-electron chi connectivity index (χ3n) is 2.97. The lowest BCUT2D eigenvalue weighted by Gasteiger charge is -2.11. The second-order valence-electron chi connectivity index (χ2n) is 4.70. The first-order valence-corrected chi connectivity index (χ1v) is 7.47. The molecule has 0 amide bonds. The summed E-state index contributed by atoms with van der Waals surface area (Å²) in [4.78, 5) is 0. The molecule has 0 saturated heterocycles. The van der Waals surface area contributed by atoms with Crippen molar-refractivity contribution in [1.82, 2.24) is 5.32 Å². The van der Waals surface area contributed by atoms with Crippen LogP contribution in [0.25, 0.3) is 0 Å². The van der Waals surface area contributed by atoms with E-state index in [0.29, 0.717) is 19.8 Å². The molecule has 118 valence electrons. The Morgan fingerprint density at radius 1 is 1.14 bits per heavy atom. The number of unbranched alkanes of at least 4 members (excludes halogenated alkanes) is 1. The minimum Gasteiger partial charge on any atom is -0.489 e. The molecule has 1 N–H and O–H groups in total. The molecule has 4 heteroatoms. The van der Waals surface area contributed by atoms with Crippen LogP contribution in [-0.4, -0.2) is 40.1 Å². The van der Waals surface area contributed by atoms with Gasteiger partial charge in [0, 0.05) is 25.8 Å². The minimum absolute atomic E-state index is 0.538. The smallest absolute Gasteiger partial charge is 0.124 e. The van der Waals surface area contributed by atoms with E-state index in [2.05, 4.69) is 18.0 Å². The lowest BCUT2D eigenvalue weighted by atomic mass is 10.2. The Morgan fingerprint density at radius 3 is 2.81 bits per heavy atom. The zero-order chi connectivity index (χ0) is 15.2. The van der Waals surface area contributed by atoms with Crippen LogP contribution in [0.2, 0.25) is 0 Å². The molecule has 0 saturated carbocycles. The molecule has 0 spiro atoms. The Morgan fingerprint density at radius 2 is 2.00 bits per heavy atom. The second-order valence-corrected chi connectivity index (χ2v) is 4.70. The van der Waals surface area contributed by atoms with Gasteiger partial charge in [0.15, 0.2) is 0 Å². The molecule has 1 aromatic carbocycles. The molecular formula is C17H27NO3. The van der Waals surface area contributed by atoms with Gasteiger partial charge in [-0.2, -0.15) is 0 Å². The van der Waals surface area contributed by atoms with E-state index in [4.69, 9.17) is 14.2 Å². The van der Waals surface area contributed by atoms with Crippen molar-refractivity contribution < 1.29 is 14.2 Å². The molecular weight excluding hydrogens is 266 g/mol. The molecule has 0 unspecified atom stereocenters. The summed E-state index contributed by atoms with van der Waals surface area (Å²) < 4.78 is 16.0. The van der Waals surface area contributed by atoms with Crippen LogP contribution in [0.5, 0.6) is 5.75 Å². The third kappa shape index (κ3) is 8.50. The van der Waals surface area contributed by atoms with Crippen LogP contribution < -0.4 is 10.1 Å². The summed E-state index contributed by atoms with van der Waals surface area (Å²) in [7, 11) is 1.68. The fraction of sp³-hybridized carbons (Fsp3) is 0.529. The van der Waals surface area contributed by atoms with Gasteiger partial charge in [-0.1, -0.05) is 30.9 Å². The number of nitrogens with one attached hydrogen (secondary N) is 1. The van der Waals surface area contributed by atoms with Crippen molar-refractivity contribution in [2.45, 2.75) is 19.4 Å². The van der Waals surface area contributed by atoms with Crippen molar-refractivity contribution in [1.29, 1.82) is 0 Å². The summed E-state index contributed by atoms with van der Waals surface area (Å²) >= 11 is 0. The SMILES string of the molecule is C=CCOc1ccccc1CNCCCCOCCOC. The Kier molecular flexibility index (Phi) is 10.4. The van der Waals surface area contributed by atoms with E-state index < -0.39 is 0 Å². The van der Waals surface area contributed by atoms with Crippen LogP contribution in [0.3, 0.4) is 0 Å². The Bertz CT molecular complexity index is 382. The summed E-state index contributed by atoms with van der Waals surface area (Å²) in [6.45, 7) is 8.14. The van der Waals surface area contributed by atoms with Gasteiger partial charge in [0.1, 0.15) is 12.4 Å². The predicted molar refractivity (Wildman–Crippen MR) is 85.8 cm³/mol. The zero-order valence-electron chi connectivity index (χ0n) is 13.0. The summed E-state index contributed by atoms with van der Waals surface area (Å²) in [6, 6.07) is 8.09. The van der Waals surface area contributed by atoms with Crippen LogP contribution in [0, 0.1) is 0 Å². The van der Waals surface area contributed by atoms with E-state index in [9.17, 15) is 0 Å². The quantitative estimate of drug-likeness (QED) is 0.448. The highest BCUT2D eigenvalue weighted by molar-refractivity contribution is 5.33. The lowest BCUT2D eigenvalue weighted by molar-refractivity contribution is 0.0688. The molecule has 0 aromatic heterocycles. The van der Waals surface area contributed by atoms with E-state index in [1.165, 1.54) is 5.56 Å². The molecule has 0 aliphatic heterocycles. The molecule has 1 aromatic rings. The first-order valence-electron chi connectivity index (χ1n) is 7.47. The van der Waals surface area contributed by atoms with Crippen molar-refractivity contribution in [3.8, 4) is 5.75 Å². The highest BCUT2D eigenvalue weighted by Crippen LogP contribution is 2.17. The van der Waals surface area contributed by atoms with Gasteiger partial charge in [0.05, 0.1) is 13.2 Å². The number of para-hydroxylation sites is 1. The van der Waals surface area contributed by atoms with Crippen molar-refractivity contribution in [2.24, 2.45) is 0 Å². The summed E-state index contributed by atoms with van der Waals surface area (Å²) in [5.74, 6) is 0.924. The maximum Gasteiger partial charge on any atom is 0.124 e. The molecule has 21 heavy (non-hydrogen) atoms. The summed E-state index contributed by atoms with van der Waals surface area (Å²) in [6.07, 6.45) is 3.92. The van der Waals surface area contributed by atoms with Crippen LogP contribution >= 0.6 is 0 Å². The molecule has 1 rings (SSSR count). The maximum atomic E-state index is 5.63. The first kappa shape index (κ1) is 17.7. The highest BCUT2D eigenvalue weighted by atomic mass is 16.5. The molecule has 0 fully saturated rings. The van der Waals surface area contributed by atoms with Crippen molar-refractivity contribution in [3.63, 3.8) is 0 Å². The fourth-order valence-electron chi connectivity index (χ4n) is 1.86.